The van der Waals surface area contributed by atoms with Crippen LogP contribution in [0.1, 0.15) is 18.5 Å². The standard InChI is InChI=1S/C13H12Cl3N3/c1-7-6-19(13(17-7)18-8-2-3-8)12-5-10(15)9(14)4-11(12)16/h4-6,8H,2-3H2,1H3,(H,17,18). The first-order chi connectivity index (χ1) is 9.04. The van der Waals surface area contributed by atoms with E-state index < -0.39 is 0 Å². The largest absolute Gasteiger partial charge is 0.353 e. The molecule has 0 unspecified atom stereocenters. The third-order valence-corrected chi connectivity index (χ3v) is 4.01. The van der Waals surface area contributed by atoms with Gasteiger partial charge in [-0.3, -0.25) is 4.57 Å². The van der Waals surface area contributed by atoms with Crippen LogP contribution in [-0.2, 0) is 0 Å². The normalized spacial score (nSPS) is 14.7. The van der Waals surface area contributed by atoms with Gasteiger partial charge in [0.15, 0.2) is 0 Å². The highest BCUT2D eigenvalue weighted by atomic mass is 35.5. The van der Waals surface area contributed by atoms with Crippen molar-refractivity contribution in [3.05, 3.63) is 39.1 Å². The average molecular weight is 317 g/mol. The SMILES string of the molecule is Cc1cn(-c2cc(Cl)c(Cl)cc2Cl)c(NC2CC2)n1. The molecule has 3 rings (SSSR count). The molecule has 0 atom stereocenters. The maximum Gasteiger partial charge on any atom is 0.208 e. The number of hydrogen-bond donors (Lipinski definition) is 1. The Hall–Kier alpha value is -0.900. The maximum atomic E-state index is 6.25. The number of benzene rings is 1. The van der Waals surface area contributed by atoms with Crippen molar-refractivity contribution in [2.45, 2.75) is 25.8 Å². The maximum absolute atomic E-state index is 6.25. The van der Waals surface area contributed by atoms with Crippen LogP contribution >= 0.6 is 34.8 Å². The zero-order valence-electron chi connectivity index (χ0n) is 10.3. The molecule has 0 radical (unpaired) electrons. The van der Waals surface area contributed by atoms with Crippen molar-refractivity contribution in [1.29, 1.82) is 0 Å². The van der Waals surface area contributed by atoms with Crippen LogP contribution in [0.2, 0.25) is 15.1 Å². The van der Waals surface area contributed by atoms with Gasteiger partial charge in [0.25, 0.3) is 0 Å². The molecular weight excluding hydrogens is 305 g/mol. The highest BCUT2D eigenvalue weighted by Crippen LogP contribution is 2.33. The lowest BCUT2D eigenvalue weighted by Gasteiger charge is -2.11. The molecule has 100 valence electrons. The second kappa shape index (κ2) is 4.89. The minimum atomic E-state index is 0.448. The zero-order valence-corrected chi connectivity index (χ0v) is 12.5. The lowest BCUT2D eigenvalue weighted by atomic mass is 10.3. The lowest BCUT2D eigenvalue weighted by molar-refractivity contribution is 1.00. The van der Waals surface area contributed by atoms with Gasteiger partial charge in [-0.25, -0.2) is 4.98 Å². The van der Waals surface area contributed by atoms with Gasteiger partial charge in [-0.05, 0) is 31.9 Å². The molecule has 19 heavy (non-hydrogen) atoms. The Labute approximate surface area is 126 Å². The van der Waals surface area contributed by atoms with Crippen molar-refractivity contribution < 1.29 is 0 Å². The van der Waals surface area contributed by atoms with Gasteiger partial charge in [-0.15, -0.1) is 0 Å². The minimum absolute atomic E-state index is 0.448. The fraction of sp³-hybridized carbons (Fsp3) is 0.308. The highest BCUT2D eigenvalue weighted by Gasteiger charge is 2.23. The minimum Gasteiger partial charge on any atom is -0.353 e. The summed E-state index contributed by atoms with van der Waals surface area (Å²) in [5.74, 6) is 0.792. The number of aryl methyl sites for hydroxylation is 1. The molecule has 1 aliphatic carbocycles. The van der Waals surface area contributed by atoms with Gasteiger partial charge in [0, 0.05) is 12.2 Å². The zero-order chi connectivity index (χ0) is 13.6. The molecule has 1 aromatic heterocycles. The summed E-state index contributed by atoms with van der Waals surface area (Å²) in [6.07, 6.45) is 4.29. The summed E-state index contributed by atoms with van der Waals surface area (Å²) in [6, 6.07) is 3.92. The quantitative estimate of drug-likeness (QED) is 0.831. The summed E-state index contributed by atoms with van der Waals surface area (Å²) in [5.41, 5.74) is 1.70. The van der Waals surface area contributed by atoms with Crippen molar-refractivity contribution in [3.8, 4) is 5.69 Å². The predicted octanol–water partition coefficient (Wildman–Crippen LogP) is 4.72. The highest BCUT2D eigenvalue weighted by molar-refractivity contribution is 6.43. The molecule has 0 amide bonds. The van der Waals surface area contributed by atoms with E-state index in [0.717, 1.165) is 17.3 Å². The first-order valence-electron chi connectivity index (χ1n) is 6.02. The summed E-state index contributed by atoms with van der Waals surface area (Å²) < 4.78 is 1.91. The van der Waals surface area contributed by atoms with E-state index in [0.29, 0.717) is 21.1 Å². The van der Waals surface area contributed by atoms with E-state index in [2.05, 4.69) is 10.3 Å². The average Bonchev–Trinajstić information content (AvgIpc) is 3.07. The number of anilines is 1. The van der Waals surface area contributed by atoms with Crippen LogP contribution < -0.4 is 5.32 Å². The van der Waals surface area contributed by atoms with Gasteiger partial charge in [-0.2, -0.15) is 0 Å². The first-order valence-corrected chi connectivity index (χ1v) is 7.15. The number of nitrogens with one attached hydrogen (secondary N) is 1. The molecule has 1 N–H and O–H groups in total. The molecule has 0 aliphatic heterocycles. The second-order valence-corrected chi connectivity index (χ2v) is 5.93. The van der Waals surface area contributed by atoms with Crippen molar-refractivity contribution in [2.24, 2.45) is 0 Å². The molecule has 1 heterocycles. The van der Waals surface area contributed by atoms with Crippen molar-refractivity contribution >= 4 is 40.8 Å². The Morgan fingerprint density at radius 3 is 2.53 bits per heavy atom. The number of nitrogens with zero attached hydrogens (tertiary/aromatic N) is 2. The van der Waals surface area contributed by atoms with Crippen LogP contribution in [0.15, 0.2) is 18.3 Å². The molecule has 1 aromatic carbocycles. The van der Waals surface area contributed by atoms with E-state index in [9.17, 15) is 0 Å². The summed E-state index contributed by atoms with van der Waals surface area (Å²) in [7, 11) is 0. The molecule has 6 heteroatoms. The molecular formula is C13H12Cl3N3. The number of aromatic nitrogens is 2. The van der Waals surface area contributed by atoms with Gasteiger partial charge in [0.05, 0.1) is 26.4 Å². The van der Waals surface area contributed by atoms with Crippen molar-refractivity contribution in [1.82, 2.24) is 9.55 Å². The van der Waals surface area contributed by atoms with Gasteiger partial charge < -0.3 is 5.32 Å². The second-order valence-electron chi connectivity index (χ2n) is 4.71. The van der Waals surface area contributed by atoms with E-state index in [1.807, 2.05) is 17.7 Å². The molecule has 3 nitrogen and oxygen atoms in total. The summed E-state index contributed by atoms with van der Waals surface area (Å²) in [6.45, 7) is 1.94. The van der Waals surface area contributed by atoms with Gasteiger partial charge in [0.2, 0.25) is 5.95 Å². The Balaban J connectivity index is 2.07. The molecule has 2 aromatic rings. The lowest BCUT2D eigenvalue weighted by Crippen LogP contribution is -2.08. The van der Waals surface area contributed by atoms with E-state index in [1.54, 1.807) is 12.1 Å². The fourth-order valence-corrected chi connectivity index (χ4v) is 2.52. The Kier molecular flexibility index (Phi) is 3.37. The van der Waals surface area contributed by atoms with Crippen LogP contribution in [0, 0.1) is 6.92 Å². The van der Waals surface area contributed by atoms with E-state index in [1.165, 1.54) is 12.8 Å². The number of imidazole rings is 1. The van der Waals surface area contributed by atoms with Gasteiger partial charge >= 0.3 is 0 Å². The third kappa shape index (κ3) is 2.69. The summed E-state index contributed by atoms with van der Waals surface area (Å²) in [5, 5.41) is 4.85. The topological polar surface area (TPSA) is 29.9 Å². The van der Waals surface area contributed by atoms with Gasteiger partial charge in [0.1, 0.15) is 0 Å². The number of halogens is 3. The number of rotatable bonds is 3. The molecule has 1 aliphatic rings. The van der Waals surface area contributed by atoms with Crippen LogP contribution in [0.4, 0.5) is 5.95 Å². The van der Waals surface area contributed by atoms with Crippen LogP contribution in [0.3, 0.4) is 0 Å². The van der Waals surface area contributed by atoms with Crippen molar-refractivity contribution in [2.75, 3.05) is 5.32 Å². The van der Waals surface area contributed by atoms with Crippen molar-refractivity contribution in [3.63, 3.8) is 0 Å². The predicted molar refractivity (Wildman–Crippen MR) is 80.0 cm³/mol. The molecule has 1 fully saturated rings. The van der Waals surface area contributed by atoms with E-state index >= 15 is 0 Å². The van der Waals surface area contributed by atoms with Crippen LogP contribution in [-0.4, -0.2) is 15.6 Å². The summed E-state index contributed by atoms with van der Waals surface area (Å²) >= 11 is 18.3. The van der Waals surface area contributed by atoms with E-state index in [4.69, 9.17) is 34.8 Å². The Bertz CT molecular complexity index is 632. The Morgan fingerprint density at radius 2 is 1.84 bits per heavy atom. The summed E-state index contributed by atoms with van der Waals surface area (Å²) in [4.78, 5) is 4.48. The monoisotopic (exact) mass is 315 g/mol. The van der Waals surface area contributed by atoms with Crippen LogP contribution in [0.5, 0.6) is 0 Å². The van der Waals surface area contributed by atoms with Gasteiger partial charge in [-0.1, -0.05) is 34.8 Å². The molecule has 0 saturated heterocycles. The number of hydrogen-bond acceptors (Lipinski definition) is 2. The molecule has 0 bridgehead atoms. The first kappa shape index (κ1) is 13.1. The molecule has 0 spiro atoms. The molecule has 1 saturated carbocycles. The fourth-order valence-electron chi connectivity index (χ4n) is 1.89. The van der Waals surface area contributed by atoms with Crippen LogP contribution in [0.25, 0.3) is 5.69 Å². The third-order valence-electron chi connectivity index (χ3n) is 2.99. The smallest absolute Gasteiger partial charge is 0.208 e. The van der Waals surface area contributed by atoms with E-state index in [-0.39, 0.29) is 0 Å². The Morgan fingerprint density at radius 1 is 1.16 bits per heavy atom.